The average molecular weight is 430 g/mol. The Morgan fingerprint density at radius 3 is 2.35 bits per heavy atom. The van der Waals surface area contributed by atoms with Crippen molar-refractivity contribution in [1.29, 1.82) is 0 Å². The molecule has 0 aliphatic rings. The molecule has 0 atom stereocenters. The maximum atomic E-state index is 13.7. The number of hydrogen-bond donors (Lipinski definition) is 1. The van der Waals surface area contributed by atoms with E-state index >= 15 is 0 Å². The Labute approximate surface area is 176 Å². The summed E-state index contributed by atoms with van der Waals surface area (Å²) in [6.45, 7) is 6.69. The molecule has 1 amide bonds. The fraction of sp³-hybridized carbons (Fsp3) is 0.136. The first kappa shape index (κ1) is 21.9. The Balaban J connectivity index is 1.93. The number of anilines is 3. The summed E-state index contributed by atoms with van der Waals surface area (Å²) in [5, 5.41) is 2.37. The molecule has 0 fully saturated rings. The van der Waals surface area contributed by atoms with Gasteiger partial charge in [0.15, 0.2) is 11.6 Å². The van der Waals surface area contributed by atoms with Gasteiger partial charge in [-0.1, -0.05) is 36.4 Å². The van der Waals surface area contributed by atoms with E-state index < -0.39 is 23.6 Å². The number of nitrogens with one attached hydrogen (secondary N) is 1. The summed E-state index contributed by atoms with van der Waals surface area (Å²) in [6.07, 6.45) is -2.54. The summed E-state index contributed by atoms with van der Waals surface area (Å²) in [5.74, 6) is -1.66. The Hall–Kier alpha value is -3.75. The number of nitrogens with zero attached hydrogens (tertiary/aromatic N) is 3. The summed E-state index contributed by atoms with van der Waals surface area (Å²) in [4.78, 5) is 21.0. The molecule has 1 aromatic heterocycles. The van der Waals surface area contributed by atoms with Crippen molar-refractivity contribution in [2.75, 3.05) is 10.2 Å². The SMILES string of the molecule is C=C(N(c1cnc(NC(=O)c2ccccc2F)cn1)c1ccc(C)cc1C)C(F)(F)F. The number of benzene rings is 2. The molecule has 0 aliphatic heterocycles. The van der Waals surface area contributed by atoms with Crippen molar-refractivity contribution >= 4 is 23.2 Å². The van der Waals surface area contributed by atoms with Crippen LogP contribution in [0.15, 0.2) is 67.1 Å². The van der Waals surface area contributed by atoms with Crippen molar-refractivity contribution in [2.24, 2.45) is 0 Å². The minimum Gasteiger partial charge on any atom is -0.305 e. The second-order valence-electron chi connectivity index (χ2n) is 6.76. The quantitative estimate of drug-likeness (QED) is 0.528. The Bertz CT molecular complexity index is 1130. The van der Waals surface area contributed by atoms with Crippen LogP contribution >= 0.6 is 0 Å². The minimum atomic E-state index is -4.71. The van der Waals surface area contributed by atoms with Crippen molar-refractivity contribution in [3.05, 3.63) is 89.6 Å². The fourth-order valence-electron chi connectivity index (χ4n) is 2.92. The van der Waals surface area contributed by atoms with Crippen molar-refractivity contribution in [3.63, 3.8) is 0 Å². The molecular weight excluding hydrogens is 412 g/mol. The molecule has 5 nitrogen and oxygen atoms in total. The molecule has 3 rings (SSSR count). The number of carbonyl (C=O) groups excluding carboxylic acids is 1. The van der Waals surface area contributed by atoms with Crippen LogP contribution in [0.3, 0.4) is 0 Å². The van der Waals surface area contributed by atoms with Gasteiger partial charge < -0.3 is 5.32 Å². The molecule has 160 valence electrons. The predicted octanol–water partition coefficient (Wildman–Crippen LogP) is 5.70. The summed E-state index contributed by atoms with van der Waals surface area (Å²) in [5.41, 5.74) is 0.373. The molecule has 9 heteroatoms. The van der Waals surface area contributed by atoms with Crippen LogP contribution in [-0.2, 0) is 0 Å². The highest BCUT2D eigenvalue weighted by atomic mass is 19.4. The minimum absolute atomic E-state index is 0.0461. The van der Waals surface area contributed by atoms with Gasteiger partial charge in [-0.15, -0.1) is 0 Å². The first-order chi connectivity index (χ1) is 14.6. The number of allylic oxidation sites excluding steroid dienone is 1. The molecule has 0 saturated carbocycles. The lowest BCUT2D eigenvalue weighted by Crippen LogP contribution is -2.28. The smallest absolute Gasteiger partial charge is 0.305 e. The standard InChI is InChI=1S/C22H18F4N4O/c1-13-8-9-18(14(2)10-13)30(15(3)22(24,25)26)20-12-27-19(11-28-20)29-21(31)16-6-4-5-7-17(16)23/h4-12H,3H2,1-2H3,(H,27,29,31). The Kier molecular flexibility index (Phi) is 6.05. The maximum Gasteiger partial charge on any atom is 0.431 e. The molecular formula is C22H18F4N4O. The van der Waals surface area contributed by atoms with E-state index in [1.807, 2.05) is 6.92 Å². The van der Waals surface area contributed by atoms with Gasteiger partial charge in [0.05, 0.1) is 23.6 Å². The lowest BCUT2D eigenvalue weighted by molar-refractivity contribution is -0.0921. The highest BCUT2D eigenvalue weighted by Gasteiger charge is 2.38. The van der Waals surface area contributed by atoms with Crippen LogP contribution in [0.2, 0.25) is 0 Å². The van der Waals surface area contributed by atoms with Crippen LogP contribution < -0.4 is 10.2 Å². The third-order valence-electron chi connectivity index (χ3n) is 4.42. The van der Waals surface area contributed by atoms with E-state index in [-0.39, 0.29) is 22.9 Å². The Morgan fingerprint density at radius 2 is 1.77 bits per heavy atom. The molecule has 0 unspecified atom stereocenters. The average Bonchev–Trinajstić information content (AvgIpc) is 2.70. The first-order valence-electron chi connectivity index (χ1n) is 9.09. The fourth-order valence-corrected chi connectivity index (χ4v) is 2.92. The third kappa shape index (κ3) is 4.88. The van der Waals surface area contributed by atoms with E-state index in [0.29, 0.717) is 5.56 Å². The molecule has 2 aromatic carbocycles. The molecule has 0 aliphatic carbocycles. The van der Waals surface area contributed by atoms with Crippen LogP contribution in [0.25, 0.3) is 0 Å². The van der Waals surface area contributed by atoms with Gasteiger partial charge in [-0.25, -0.2) is 14.4 Å². The molecule has 0 radical (unpaired) electrons. The molecule has 1 heterocycles. The van der Waals surface area contributed by atoms with Crippen molar-refractivity contribution in [3.8, 4) is 0 Å². The molecule has 1 N–H and O–H groups in total. The van der Waals surface area contributed by atoms with E-state index in [4.69, 9.17) is 0 Å². The van der Waals surface area contributed by atoms with Crippen LogP contribution in [-0.4, -0.2) is 22.1 Å². The monoisotopic (exact) mass is 430 g/mol. The van der Waals surface area contributed by atoms with Gasteiger partial charge in [0, 0.05) is 0 Å². The third-order valence-corrected chi connectivity index (χ3v) is 4.42. The lowest BCUT2D eigenvalue weighted by atomic mass is 10.1. The van der Waals surface area contributed by atoms with Gasteiger partial charge in [0.25, 0.3) is 5.91 Å². The zero-order chi connectivity index (χ0) is 22.8. The molecule has 0 bridgehead atoms. The van der Waals surface area contributed by atoms with E-state index in [0.717, 1.165) is 28.9 Å². The molecule has 0 spiro atoms. The van der Waals surface area contributed by atoms with Crippen LogP contribution in [0.1, 0.15) is 21.5 Å². The van der Waals surface area contributed by atoms with E-state index in [1.165, 1.54) is 24.3 Å². The van der Waals surface area contributed by atoms with Gasteiger partial charge in [-0.2, -0.15) is 13.2 Å². The summed E-state index contributed by atoms with van der Waals surface area (Å²) < 4.78 is 54.2. The molecule has 0 saturated heterocycles. The molecule has 3 aromatic rings. The maximum absolute atomic E-state index is 13.7. The summed E-state index contributed by atoms with van der Waals surface area (Å²) in [7, 11) is 0. The molecule has 31 heavy (non-hydrogen) atoms. The van der Waals surface area contributed by atoms with E-state index in [2.05, 4.69) is 21.9 Å². The number of rotatable bonds is 5. The van der Waals surface area contributed by atoms with Crippen molar-refractivity contribution in [2.45, 2.75) is 20.0 Å². The number of alkyl halides is 3. The number of carbonyl (C=O) groups is 1. The largest absolute Gasteiger partial charge is 0.431 e. The van der Waals surface area contributed by atoms with Gasteiger partial charge >= 0.3 is 6.18 Å². The van der Waals surface area contributed by atoms with Gasteiger partial charge in [0.1, 0.15) is 11.5 Å². The second kappa shape index (κ2) is 8.55. The second-order valence-corrected chi connectivity index (χ2v) is 6.76. The highest BCUT2D eigenvalue weighted by molar-refractivity contribution is 6.03. The summed E-state index contributed by atoms with van der Waals surface area (Å²) >= 11 is 0. The number of aryl methyl sites for hydroxylation is 2. The Morgan fingerprint density at radius 1 is 1.06 bits per heavy atom. The van der Waals surface area contributed by atoms with Crippen LogP contribution in [0, 0.1) is 19.7 Å². The number of halogens is 4. The number of hydrogen-bond acceptors (Lipinski definition) is 4. The van der Waals surface area contributed by atoms with Gasteiger partial charge in [-0.3, -0.25) is 9.69 Å². The summed E-state index contributed by atoms with van der Waals surface area (Å²) in [6, 6.07) is 10.3. The van der Waals surface area contributed by atoms with Crippen molar-refractivity contribution in [1.82, 2.24) is 9.97 Å². The zero-order valence-electron chi connectivity index (χ0n) is 16.7. The lowest BCUT2D eigenvalue weighted by Gasteiger charge is -2.28. The van der Waals surface area contributed by atoms with Crippen LogP contribution in [0.4, 0.5) is 34.9 Å². The normalized spacial score (nSPS) is 11.2. The number of amides is 1. The van der Waals surface area contributed by atoms with Crippen LogP contribution in [0.5, 0.6) is 0 Å². The topological polar surface area (TPSA) is 58.1 Å². The predicted molar refractivity (Wildman–Crippen MR) is 110 cm³/mol. The van der Waals surface area contributed by atoms with Gasteiger partial charge in [0.2, 0.25) is 0 Å². The zero-order valence-corrected chi connectivity index (χ0v) is 16.7. The van der Waals surface area contributed by atoms with E-state index in [9.17, 15) is 22.4 Å². The first-order valence-corrected chi connectivity index (χ1v) is 9.09. The highest BCUT2D eigenvalue weighted by Crippen LogP contribution is 2.37. The number of aromatic nitrogens is 2. The van der Waals surface area contributed by atoms with E-state index in [1.54, 1.807) is 19.1 Å². The van der Waals surface area contributed by atoms with Crippen molar-refractivity contribution < 1.29 is 22.4 Å². The van der Waals surface area contributed by atoms with Gasteiger partial charge in [-0.05, 0) is 37.6 Å².